The Balaban J connectivity index is 1.47. The van der Waals surface area contributed by atoms with Crippen LogP contribution in [0.2, 0.25) is 0 Å². The lowest BCUT2D eigenvalue weighted by Gasteiger charge is -2.39. The number of piperidine rings is 1. The maximum Gasteiger partial charge on any atom is 0.128 e. The average Bonchev–Trinajstić information content (AvgIpc) is 2.63. The van der Waals surface area contributed by atoms with Crippen LogP contribution in [0.5, 0.6) is 0 Å². The van der Waals surface area contributed by atoms with Crippen LogP contribution in [0.25, 0.3) is 0 Å². The van der Waals surface area contributed by atoms with Crippen molar-refractivity contribution >= 4 is 5.82 Å². The molecule has 2 aliphatic rings. The van der Waals surface area contributed by atoms with Crippen LogP contribution >= 0.6 is 0 Å². The lowest BCUT2D eigenvalue weighted by molar-refractivity contribution is -0.0286. The fourth-order valence-electron chi connectivity index (χ4n) is 4.34. The topological polar surface area (TPSA) is 39.6 Å². The Morgan fingerprint density at radius 1 is 1.21 bits per heavy atom. The molecule has 4 heteroatoms. The molecular weight excluding hydrogens is 298 g/mol. The summed E-state index contributed by atoms with van der Waals surface area (Å²) in [6.45, 7) is 7.48. The SMILES string of the molecule is CCN(CC1CCN(c2ccccn2)CC1)CC1(O)CCCCC1. The predicted octanol–water partition coefficient (Wildman–Crippen LogP) is 3.32. The van der Waals surface area contributed by atoms with Crippen molar-refractivity contribution < 1.29 is 5.11 Å². The van der Waals surface area contributed by atoms with Crippen LogP contribution in [0, 0.1) is 5.92 Å². The minimum atomic E-state index is -0.428. The Labute approximate surface area is 146 Å². The lowest BCUT2D eigenvalue weighted by atomic mass is 9.84. The number of hydrogen-bond acceptors (Lipinski definition) is 4. The first-order chi connectivity index (χ1) is 11.7. The van der Waals surface area contributed by atoms with Crippen molar-refractivity contribution in [1.82, 2.24) is 9.88 Å². The Hall–Kier alpha value is -1.13. The van der Waals surface area contributed by atoms with E-state index in [1.54, 1.807) is 0 Å². The molecule has 1 aromatic rings. The minimum Gasteiger partial charge on any atom is -0.389 e. The first kappa shape index (κ1) is 17.7. The molecule has 134 valence electrons. The monoisotopic (exact) mass is 331 g/mol. The van der Waals surface area contributed by atoms with Gasteiger partial charge >= 0.3 is 0 Å². The number of pyridine rings is 1. The molecule has 1 aliphatic carbocycles. The van der Waals surface area contributed by atoms with Crippen molar-refractivity contribution in [1.29, 1.82) is 0 Å². The first-order valence-corrected chi connectivity index (χ1v) is 9.79. The molecule has 0 spiro atoms. The summed E-state index contributed by atoms with van der Waals surface area (Å²) >= 11 is 0. The van der Waals surface area contributed by atoms with Crippen LogP contribution in [-0.2, 0) is 0 Å². The third-order valence-electron chi connectivity index (χ3n) is 5.85. The second-order valence-corrected chi connectivity index (χ2v) is 7.73. The predicted molar refractivity (Wildman–Crippen MR) is 99.3 cm³/mol. The van der Waals surface area contributed by atoms with E-state index in [-0.39, 0.29) is 0 Å². The molecular formula is C20H33N3O. The number of aromatic nitrogens is 1. The molecule has 0 atom stereocenters. The smallest absolute Gasteiger partial charge is 0.128 e. The molecule has 1 saturated carbocycles. The molecule has 0 amide bonds. The fourth-order valence-corrected chi connectivity index (χ4v) is 4.34. The summed E-state index contributed by atoms with van der Waals surface area (Å²) in [6.07, 6.45) is 9.98. The molecule has 1 aromatic heterocycles. The van der Waals surface area contributed by atoms with Crippen LogP contribution in [0.4, 0.5) is 5.82 Å². The van der Waals surface area contributed by atoms with E-state index in [0.717, 1.165) is 57.3 Å². The standard InChI is InChI=1S/C20H33N3O/c1-2-22(17-20(24)11-5-3-6-12-20)16-18-9-14-23(15-10-18)19-8-4-7-13-21-19/h4,7-8,13,18,24H,2-3,5-6,9-12,14-17H2,1H3. The summed E-state index contributed by atoms with van der Waals surface area (Å²) in [5.41, 5.74) is -0.428. The van der Waals surface area contributed by atoms with Gasteiger partial charge in [-0.1, -0.05) is 32.3 Å². The highest BCUT2D eigenvalue weighted by atomic mass is 16.3. The Morgan fingerprint density at radius 2 is 1.96 bits per heavy atom. The number of anilines is 1. The van der Waals surface area contributed by atoms with Gasteiger partial charge in [0.1, 0.15) is 5.82 Å². The number of nitrogens with zero attached hydrogens (tertiary/aromatic N) is 3. The highest BCUT2D eigenvalue weighted by molar-refractivity contribution is 5.37. The van der Waals surface area contributed by atoms with Gasteiger partial charge in [0.05, 0.1) is 5.60 Å². The summed E-state index contributed by atoms with van der Waals surface area (Å²) < 4.78 is 0. The largest absolute Gasteiger partial charge is 0.389 e. The minimum absolute atomic E-state index is 0.428. The van der Waals surface area contributed by atoms with Gasteiger partial charge in [-0.15, -0.1) is 0 Å². The van der Waals surface area contributed by atoms with E-state index in [1.165, 1.54) is 32.1 Å². The van der Waals surface area contributed by atoms with E-state index in [9.17, 15) is 5.11 Å². The molecule has 0 radical (unpaired) electrons. The molecule has 2 heterocycles. The maximum absolute atomic E-state index is 10.8. The zero-order valence-corrected chi connectivity index (χ0v) is 15.2. The average molecular weight is 332 g/mol. The number of likely N-dealkylation sites (N-methyl/N-ethyl adjacent to an activating group) is 1. The third-order valence-corrected chi connectivity index (χ3v) is 5.85. The zero-order chi connectivity index (χ0) is 16.8. The van der Waals surface area contributed by atoms with Gasteiger partial charge in [0, 0.05) is 32.4 Å². The van der Waals surface area contributed by atoms with Gasteiger partial charge in [0.2, 0.25) is 0 Å². The van der Waals surface area contributed by atoms with Gasteiger partial charge in [-0.2, -0.15) is 0 Å². The van der Waals surface area contributed by atoms with Crippen LogP contribution in [0.1, 0.15) is 51.9 Å². The van der Waals surface area contributed by atoms with Gasteiger partial charge in [-0.3, -0.25) is 0 Å². The number of hydrogen-bond donors (Lipinski definition) is 1. The Morgan fingerprint density at radius 3 is 2.58 bits per heavy atom. The van der Waals surface area contributed by atoms with Crippen molar-refractivity contribution in [3.8, 4) is 0 Å². The molecule has 2 fully saturated rings. The third kappa shape index (κ3) is 4.70. The lowest BCUT2D eigenvalue weighted by Crippen LogP contribution is -2.47. The zero-order valence-electron chi connectivity index (χ0n) is 15.2. The van der Waals surface area contributed by atoms with Gasteiger partial charge < -0.3 is 14.9 Å². The fraction of sp³-hybridized carbons (Fsp3) is 0.750. The maximum atomic E-state index is 10.8. The van der Waals surface area contributed by atoms with E-state index in [1.807, 2.05) is 12.3 Å². The summed E-state index contributed by atoms with van der Waals surface area (Å²) in [4.78, 5) is 9.37. The number of aliphatic hydroxyl groups is 1. The van der Waals surface area contributed by atoms with E-state index in [2.05, 4.69) is 33.8 Å². The summed E-state index contributed by atoms with van der Waals surface area (Å²) in [7, 11) is 0. The molecule has 0 unspecified atom stereocenters. The Bertz CT molecular complexity index is 479. The summed E-state index contributed by atoms with van der Waals surface area (Å²) in [6, 6.07) is 6.15. The molecule has 4 nitrogen and oxygen atoms in total. The molecule has 0 bridgehead atoms. The van der Waals surface area contributed by atoms with E-state index in [4.69, 9.17) is 0 Å². The molecule has 0 aromatic carbocycles. The quantitative estimate of drug-likeness (QED) is 0.868. The normalized spacial score (nSPS) is 22.0. The van der Waals surface area contributed by atoms with Crippen LogP contribution in [0.15, 0.2) is 24.4 Å². The highest BCUT2D eigenvalue weighted by Gasteiger charge is 2.32. The van der Waals surface area contributed by atoms with E-state index < -0.39 is 5.60 Å². The van der Waals surface area contributed by atoms with Gasteiger partial charge in [-0.05, 0) is 50.3 Å². The molecule has 3 rings (SSSR count). The van der Waals surface area contributed by atoms with Crippen molar-refractivity contribution in [2.24, 2.45) is 5.92 Å². The van der Waals surface area contributed by atoms with Gasteiger partial charge in [0.15, 0.2) is 0 Å². The number of rotatable bonds is 6. The van der Waals surface area contributed by atoms with Crippen LogP contribution in [0.3, 0.4) is 0 Å². The van der Waals surface area contributed by atoms with Crippen LogP contribution < -0.4 is 4.90 Å². The first-order valence-electron chi connectivity index (χ1n) is 9.79. The summed E-state index contributed by atoms with van der Waals surface area (Å²) in [5, 5.41) is 10.8. The van der Waals surface area contributed by atoms with E-state index >= 15 is 0 Å². The van der Waals surface area contributed by atoms with E-state index in [0.29, 0.717) is 0 Å². The Kier molecular flexibility index (Phi) is 6.12. The second-order valence-electron chi connectivity index (χ2n) is 7.73. The molecule has 1 N–H and O–H groups in total. The molecule has 24 heavy (non-hydrogen) atoms. The van der Waals surface area contributed by atoms with Gasteiger partial charge in [0.25, 0.3) is 0 Å². The van der Waals surface area contributed by atoms with Gasteiger partial charge in [-0.25, -0.2) is 4.98 Å². The second kappa shape index (κ2) is 8.30. The van der Waals surface area contributed by atoms with Crippen molar-refractivity contribution in [3.63, 3.8) is 0 Å². The molecule has 1 aliphatic heterocycles. The molecule has 1 saturated heterocycles. The summed E-state index contributed by atoms with van der Waals surface area (Å²) in [5.74, 6) is 1.86. The van der Waals surface area contributed by atoms with Crippen molar-refractivity contribution in [2.45, 2.75) is 57.5 Å². The van der Waals surface area contributed by atoms with Crippen molar-refractivity contribution in [3.05, 3.63) is 24.4 Å². The highest BCUT2D eigenvalue weighted by Crippen LogP contribution is 2.30. The van der Waals surface area contributed by atoms with Crippen LogP contribution in [-0.4, -0.2) is 53.3 Å². The van der Waals surface area contributed by atoms with Crippen molar-refractivity contribution in [2.75, 3.05) is 37.6 Å².